The summed E-state index contributed by atoms with van der Waals surface area (Å²) in [7, 11) is 0. The van der Waals surface area contributed by atoms with E-state index in [4.69, 9.17) is 0 Å². The fourth-order valence-electron chi connectivity index (χ4n) is 2.08. The molecule has 3 heteroatoms. The topological polar surface area (TPSA) is 24.9 Å². The van der Waals surface area contributed by atoms with E-state index in [2.05, 4.69) is 59.9 Å². The first-order chi connectivity index (χ1) is 8.70. The van der Waals surface area contributed by atoms with Crippen molar-refractivity contribution >= 4 is 11.3 Å². The van der Waals surface area contributed by atoms with Crippen LogP contribution >= 0.6 is 11.3 Å². The zero-order valence-electron chi connectivity index (χ0n) is 11.2. The van der Waals surface area contributed by atoms with E-state index in [1.54, 1.807) is 11.3 Å². The Labute approximate surface area is 113 Å². The van der Waals surface area contributed by atoms with Crippen molar-refractivity contribution in [1.29, 1.82) is 0 Å². The molecule has 1 N–H and O–H groups in total. The molecule has 0 amide bonds. The van der Waals surface area contributed by atoms with Gasteiger partial charge in [0, 0.05) is 17.1 Å². The first-order valence-corrected chi connectivity index (χ1v) is 7.31. The minimum Gasteiger partial charge on any atom is -0.301 e. The van der Waals surface area contributed by atoms with Crippen molar-refractivity contribution in [2.75, 3.05) is 0 Å². The maximum Gasteiger partial charge on any atom is 0.110 e. The van der Waals surface area contributed by atoms with Crippen molar-refractivity contribution in [3.8, 4) is 0 Å². The van der Waals surface area contributed by atoms with E-state index in [1.165, 1.54) is 10.6 Å². The molecule has 1 aromatic heterocycles. The summed E-state index contributed by atoms with van der Waals surface area (Å²) in [5.41, 5.74) is 2.46. The van der Waals surface area contributed by atoms with Gasteiger partial charge in [-0.2, -0.15) is 0 Å². The summed E-state index contributed by atoms with van der Waals surface area (Å²) in [5, 5.41) is 6.94. The SMILES string of the molecule is CCC(NC(C)c1nc(C)cs1)c1ccccc1. The molecule has 0 saturated carbocycles. The van der Waals surface area contributed by atoms with Crippen LogP contribution in [0.15, 0.2) is 35.7 Å². The Kier molecular flexibility index (Phi) is 4.50. The third-order valence-corrected chi connectivity index (χ3v) is 4.21. The highest BCUT2D eigenvalue weighted by atomic mass is 32.1. The van der Waals surface area contributed by atoms with Gasteiger partial charge in [0.1, 0.15) is 5.01 Å². The van der Waals surface area contributed by atoms with E-state index in [9.17, 15) is 0 Å². The Hall–Kier alpha value is -1.19. The minimum atomic E-state index is 0.300. The van der Waals surface area contributed by atoms with Gasteiger partial charge in [0.25, 0.3) is 0 Å². The van der Waals surface area contributed by atoms with E-state index < -0.39 is 0 Å². The largest absolute Gasteiger partial charge is 0.301 e. The van der Waals surface area contributed by atoms with Gasteiger partial charge in [0.2, 0.25) is 0 Å². The smallest absolute Gasteiger partial charge is 0.110 e. The van der Waals surface area contributed by atoms with Crippen LogP contribution in [0.25, 0.3) is 0 Å². The lowest BCUT2D eigenvalue weighted by Crippen LogP contribution is -2.24. The van der Waals surface area contributed by atoms with Gasteiger partial charge in [-0.15, -0.1) is 11.3 Å². The lowest BCUT2D eigenvalue weighted by molar-refractivity contribution is 0.455. The Bertz CT molecular complexity index is 478. The van der Waals surface area contributed by atoms with Crippen LogP contribution in [0.4, 0.5) is 0 Å². The zero-order chi connectivity index (χ0) is 13.0. The predicted molar refractivity (Wildman–Crippen MR) is 77.9 cm³/mol. The van der Waals surface area contributed by atoms with Gasteiger partial charge >= 0.3 is 0 Å². The molecule has 0 aliphatic rings. The molecule has 96 valence electrons. The van der Waals surface area contributed by atoms with E-state index in [0.717, 1.165) is 12.1 Å². The van der Waals surface area contributed by atoms with Crippen LogP contribution in [0.3, 0.4) is 0 Å². The van der Waals surface area contributed by atoms with E-state index in [1.807, 2.05) is 6.92 Å². The molecular formula is C15H20N2S. The first-order valence-electron chi connectivity index (χ1n) is 6.43. The molecule has 0 fully saturated rings. The molecule has 0 aliphatic carbocycles. The average Bonchev–Trinajstić information content (AvgIpc) is 2.83. The fraction of sp³-hybridized carbons (Fsp3) is 0.400. The van der Waals surface area contributed by atoms with Gasteiger partial charge in [-0.05, 0) is 25.8 Å². The van der Waals surface area contributed by atoms with E-state index in [-0.39, 0.29) is 0 Å². The lowest BCUT2D eigenvalue weighted by atomic mass is 10.0. The van der Waals surface area contributed by atoms with E-state index >= 15 is 0 Å². The summed E-state index contributed by atoms with van der Waals surface area (Å²) in [6.07, 6.45) is 1.08. The normalized spacial score (nSPS) is 14.4. The molecule has 2 unspecified atom stereocenters. The third-order valence-electron chi connectivity index (χ3n) is 3.07. The molecule has 0 spiro atoms. The Morgan fingerprint density at radius 1 is 1.28 bits per heavy atom. The molecule has 0 radical (unpaired) electrons. The van der Waals surface area contributed by atoms with Gasteiger partial charge in [-0.1, -0.05) is 37.3 Å². The van der Waals surface area contributed by atoms with Crippen LogP contribution in [0.2, 0.25) is 0 Å². The zero-order valence-corrected chi connectivity index (χ0v) is 12.0. The number of aryl methyl sites for hydroxylation is 1. The van der Waals surface area contributed by atoms with Crippen LogP contribution < -0.4 is 5.32 Å². The maximum atomic E-state index is 4.55. The Morgan fingerprint density at radius 2 is 2.00 bits per heavy atom. The van der Waals surface area contributed by atoms with Crippen LogP contribution in [-0.4, -0.2) is 4.98 Å². The number of hydrogen-bond donors (Lipinski definition) is 1. The molecule has 0 aliphatic heterocycles. The third kappa shape index (κ3) is 3.18. The van der Waals surface area contributed by atoms with Gasteiger partial charge < -0.3 is 5.32 Å². The first kappa shape index (κ1) is 13.2. The lowest BCUT2D eigenvalue weighted by Gasteiger charge is -2.21. The Balaban J connectivity index is 2.07. The molecule has 2 rings (SSSR count). The van der Waals surface area contributed by atoms with Crippen LogP contribution in [-0.2, 0) is 0 Å². The number of thiazole rings is 1. The molecule has 2 atom stereocenters. The van der Waals surface area contributed by atoms with Crippen molar-refractivity contribution in [2.24, 2.45) is 0 Å². The van der Waals surface area contributed by atoms with Gasteiger partial charge in [0.15, 0.2) is 0 Å². The van der Waals surface area contributed by atoms with Crippen LogP contribution in [0.5, 0.6) is 0 Å². The summed E-state index contributed by atoms with van der Waals surface area (Å²) in [6, 6.07) is 11.3. The number of nitrogens with zero attached hydrogens (tertiary/aromatic N) is 1. The molecule has 2 aromatic rings. The fourth-order valence-corrected chi connectivity index (χ4v) is 2.89. The van der Waals surface area contributed by atoms with Gasteiger partial charge in [-0.3, -0.25) is 0 Å². The summed E-state index contributed by atoms with van der Waals surface area (Å²) >= 11 is 1.73. The number of benzene rings is 1. The van der Waals surface area contributed by atoms with Crippen LogP contribution in [0.1, 0.15) is 48.6 Å². The second-order valence-electron chi connectivity index (χ2n) is 4.59. The number of aromatic nitrogens is 1. The van der Waals surface area contributed by atoms with Crippen LogP contribution in [0, 0.1) is 6.92 Å². The summed E-state index contributed by atoms with van der Waals surface area (Å²) in [5.74, 6) is 0. The molecule has 0 saturated heterocycles. The predicted octanol–water partition coefficient (Wildman–Crippen LogP) is 4.25. The van der Waals surface area contributed by atoms with Gasteiger partial charge in [-0.25, -0.2) is 4.98 Å². The number of hydrogen-bond acceptors (Lipinski definition) is 3. The maximum absolute atomic E-state index is 4.55. The van der Waals surface area contributed by atoms with Crippen molar-refractivity contribution in [2.45, 2.75) is 39.3 Å². The highest BCUT2D eigenvalue weighted by Gasteiger charge is 2.15. The van der Waals surface area contributed by atoms with Crippen molar-refractivity contribution in [3.05, 3.63) is 52.0 Å². The van der Waals surface area contributed by atoms with E-state index in [0.29, 0.717) is 12.1 Å². The molecule has 1 heterocycles. The number of rotatable bonds is 5. The highest BCUT2D eigenvalue weighted by Crippen LogP contribution is 2.23. The minimum absolute atomic E-state index is 0.300. The van der Waals surface area contributed by atoms with Crippen molar-refractivity contribution in [1.82, 2.24) is 10.3 Å². The summed E-state index contributed by atoms with van der Waals surface area (Å²) < 4.78 is 0. The summed E-state index contributed by atoms with van der Waals surface area (Å²) in [4.78, 5) is 4.55. The molecular weight excluding hydrogens is 240 g/mol. The van der Waals surface area contributed by atoms with Gasteiger partial charge in [0.05, 0.1) is 6.04 Å². The second-order valence-corrected chi connectivity index (χ2v) is 5.48. The molecule has 1 aromatic carbocycles. The molecule has 18 heavy (non-hydrogen) atoms. The summed E-state index contributed by atoms with van der Waals surface area (Å²) in [6.45, 7) is 6.44. The second kappa shape index (κ2) is 6.12. The molecule has 2 nitrogen and oxygen atoms in total. The molecule has 0 bridgehead atoms. The number of nitrogens with one attached hydrogen (secondary N) is 1. The Morgan fingerprint density at radius 3 is 2.56 bits per heavy atom. The average molecular weight is 260 g/mol. The standard InChI is InChI=1S/C15H20N2S/c1-4-14(13-8-6-5-7-9-13)17-12(3)15-16-11(2)10-18-15/h5-10,12,14,17H,4H2,1-3H3. The monoisotopic (exact) mass is 260 g/mol. The highest BCUT2D eigenvalue weighted by molar-refractivity contribution is 7.09. The quantitative estimate of drug-likeness (QED) is 0.869. The van der Waals surface area contributed by atoms with Crippen molar-refractivity contribution < 1.29 is 0 Å². The van der Waals surface area contributed by atoms with Crippen molar-refractivity contribution in [3.63, 3.8) is 0 Å².